The number of anilines is 1. The number of ether oxygens (including phenoxy) is 1. The Kier molecular flexibility index (Phi) is 7.12. The number of aromatic nitrogens is 1. The van der Waals surface area contributed by atoms with Gasteiger partial charge in [-0.25, -0.2) is 13.6 Å². The van der Waals surface area contributed by atoms with E-state index < -0.39 is 23.0 Å². The minimum absolute atomic E-state index is 0.00112. The van der Waals surface area contributed by atoms with Gasteiger partial charge in [0.25, 0.3) is 17.2 Å². The van der Waals surface area contributed by atoms with Crippen molar-refractivity contribution in [2.75, 3.05) is 18.0 Å². The van der Waals surface area contributed by atoms with Crippen LogP contribution in [-0.4, -0.2) is 33.3 Å². The molecule has 1 atom stereocenters. The summed E-state index contributed by atoms with van der Waals surface area (Å²) in [4.78, 5) is 15.7. The Morgan fingerprint density at radius 1 is 1.52 bits per heavy atom. The number of benzene rings is 1. The van der Waals surface area contributed by atoms with E-state index in [2.05, 4.69) is 16.2 Å². The molecule has 2 rings (SSSR count). The van der Waals surface area contributed by atoms with E-state index in [1.807, 2.05) is 0 Å². The Balaban J connectivity index is 2.00. The second kappa shape index (κ2) is 9.32. The van der Waals surface area contributed by atoms with Crippen molar-refractivity contribution in [3.63, 3.8) is 0 Å². The zero-order valence-electron chi connectivity index (χ0n) is 14.1. The lowest BCUT2D eigenvalue weighted by molar-refractivity contribution is -0.123. The average molecular weight is 412 g/mol. The lowest BCUT2D eigenvalue weighted by atomic mass is 10.1. The highest BCUT2D eigenvalue weighted by Gasteiger charge is 2.17. The molecule has 0 saturated carbocycles. The van der Waals surface area contributed by atoms with Gasteiger partial charge in [0, 0.05) is 13.6 Å². The summed E-state index contributed by atoms with van der Waals surface area (Å²) < 4.78 is 40.6. The van der Waals surface area contributed by atoms with Crippen molar-refractivity contribution in [2.24, 2.45) is 0 Å². The van der Waals surface area contributed by atoms with Gasteiger partial charge in [-0.3, -0.25) is 13.7 Å². The number of halogens is 2. The first kappa shape index (κ1) is 20.6. The highest BCUT2D eigenvalue weighted by molar-refractivity contribution is 7.80. The van der Waals surface area contributed by atoms with Gasteiger partial charge >= 0.3 is 0 Å². The summed E-state index contributed by atoms with van der Waals surface area (Å²) in [5, 5.41) is 2.86. The smallest absolute Gasteiger partial charge is 0.261 e. The van der Waals surface area contributed by atoms with Gasteiger partial charge in [-0.2, -0.15) is 0 Å². The minimum atomic E-state index is -2.43. The topological polar surface area (TPSA) is 91.8 Å². The molecule has 1 unspecified atom stereocenters. The zero-order chi connectivity index (χ0) is 20.0. The second-order valence-corrected chi connectivity index (χ2v) is 6.62. The Labute approximate surface area is 162 Å². The molecular weight excluding hydrogens is 397 g/mol. The monoisotopic (exact) mass is 411 g/mol. The summed E-state index contributed by atoms with van der Waals surface area (Å²) in [6.07, 6.45) is 6.74. The number of hydrogen-bond acceptors (Lipinski definition) is 4. The van der Waals surface area contributed by atoms with Crippen molar-refractivity contribution in [3.05, 3.63) is 52.6 Å². The molecule has 142 valence electrons. The summed E-state index contributed by atoms with van der Waals surface area (Å²) in [7, 11) is 1.24. The summed E-state index contributed by atoms with van der Waals surface area (Å²) in [6, 6.07) is 5.67. The fourth-order valence-corrected chi connectivity index (χ4v) is 2.57. The van der Waals surface area contributed by atoms with Crippen LogP contribution in [0.1, 0.15) is 11.1 Å². The highest BCUT2D eigenvalue weighted by Crippen LogP contribution is 2.25. The van der Waals surface area contributed by atoms with E-state index in [1.54, 1.807) is 6.07 Å². The van der Waals surface area contributed by atoms with Crippen LogP contribution in [0.25, 0.3) is 0 Å². The summed E-state index contributed by atoms with van der Waals surface area (Å²) >= 11 is 3.23. The molecular formula is C17H15ClFN3O4S. The number of amides is 1. The Morgan fingerprint density at radius 2 is 2.26 bits per heavy atom. The molecule has 0 aliphatic carbocycles. The number of carbonyl (C=O) groups is 1. The largest absolute Gasteiger partial charge is 0.482 e. The normalized spacial score (nSPS) is 11.4. The third-order valence-corrected chi connectivity index (χ3v) is 4.26. The van der Waals surface area contributed by atoms with Crippen LogP contribution < -0.4 is 14.4 Å². The van der Waals surface area contributed by atoms with E-state index in [-0.39, 0.29) is 24.4 Å². The lowest BCUT2D eigenvalue weighted by Gasteiger charge is -2.18. The molecule has 1 aromatic carbocycles. The maximum absolute atomic E-state index is 14.3. The first-order valence-electron chi connectivity index (χ1n) is 7.46. The molecule has 2 aromatic rings. The van der Waals surface area contributed by atoms with Crippen molar-refractivity contribution in [3.8, 4) is 18.1 Å². The molecule has 0 aliphatic heterocycles. The molecule has 0 saturated heterocycles. The van der Waals surface area contributed by atoms with Crippen molar-refractivity contribution < 1.29 is 22.7 Å². The van der Waals surface area contributed by atoms with Gasteiger partial charge in [0.1, 0.15) is 22.4 Å². The van der Waals surface area contributed by atoms with Gasteiger partial charge in [-0.15, -0.1) is 6.42 Å². The Hall–Kier alpha value is -2.67. The molecule has 7 nitrogen and oxygen atoms in total. The van der Waals surface area contributed by atoms with Crippen molar-refractivity contribution in [1.29, 1.82) is 0 Å². The van der Waals surface area contributed by atoms with E-state index >= 15 is 0 Å². The molecule has 10 heteroatoms. The van der Waals surface area contributed by atoms with E-state index in [0.29, 0.717) is 16.5 Å². The van der Waals surface area contributed by atoms with Crippen LogP contribution in [-0.2, 0) is 22.6 Å². The van der Waals surface area contributed by atoms with E-state index in [0.717, 1.165) is 10.4 Å². The van der Waals surface area contributed by atoms with Gasteiger partial charge < -0.3 is 10.1 Å². The number of pyridine rings is 1. The number of hydrogen-bond donors (Lipinski definition) is 2. The van der Waals surface area contributed by atoms with E-state index in [9.17, 15) is 13.4 Å². The number of nitrogens with one attached hydrogen (secondary N) is 1. The highest BCUT2D eigenvalue weighted by atomic mass is 35.5. The van der Waals surface area contributed by atoms with Crippen LogP contribution >= 0.6 is 11.6 Å². The van der Waals surface area contributed by atoms with Crippen LogP contribution in [0, 0.1) is 18.2 Å². The summed E-state index contributed by atoms with van der Waals surface area (Å²) in [5.41, 5.74) is 0.308. The molecule has 0 aliphatic rings. The summed E-state index contributed by atoms with van der Waals surface area (Å²) in [6.45, 7) is -0.267. The molecule has 27 heavy (non-hydrogen) atoms. The summed E-state index contributed by atoms with van der Waals surface area (Å²) in [5.74, 6) is 1.43. The third-order valence-electron chi connectivity index (χ3n) is 3.39. The third kappa shape index (κ3) is 5.65. The molecule has 0 radical (unpaired) electrons. The second-order valence-electron chi connectivity index (χ2n) is 5.23. The molecule has 2 N–H and O–H groups in total. The predicted molar refractivity (Wildman–Crippen MR) is 100 cm³/mol. The van der Waals surface area contributed by atoms with Crippen molar-refractivity contribution >= 4 is 34.5 Å². The number of carbonyl (C=O) groups excluding carboxylic acids is 1. The van der Waals surface area contributed by atoms with Gasteiger partial charge in [0.05, 0.1) is 11.8 Å². The van der Waals surface area contributed by atoms with Gasteiger partial charge in [0.2, 0.25) is 0 Å². The van der Waals surface area contributed by atoms with Crippen LogP contribution in [0.3, 0.4) is 0 Å². The SMILES string of the molecule is C#Cc1cc(CNC(=O)COc2ccc(Cl)nc2)cc(F)c1N(C)S(=O)O. The van der Waals surface area contributed by atoms with Crippen LogP contribution in [0.5, 0.6) is 5.75 Å². The average Bonchev–Trinajstić information content (AvgIpc) is 2.64. The van der Waals surface area contributed by atoms with E-state index in [4.69, 9.17) is 27.3 Å². The minimum Gasteiger partial charge on any atom is -0.482 e. The number of terminal acetylenes is 1. The number of rotatable bonds is 7. The fourth-order valence-electron chi connectivity index (χ4n) is 2.11. The fraction of sp³-hybridized carbons (Fsp3) is 0.176. The molecule has 1 amide bonds. The van der Waals surface area contributed by atoms with Crippen LogP contribution in [0.2, 0.25) is 5.15 Å². The standard InChI is InChI=1S/C17H15ClFN3O4S/c1-3-12-6-11(7-14(19)17(12)22(2)27(24)25)8-21-16(23)10-26-13-4-5-15(18)20-9-13/h1,4-7,9H,8,10H2,2H3,(H,21,23)(H,24,25). The van der Waals surface area contributed by atoms with Gasteiger partial charge in [-0.1, -0.05) is 17.5 Å². The molecule has 1 aromatic heterocycles. The van der Waals surface area contributed by atoms with Crippen molar-refractivity contribution in [2.45, 2.75) is 6.54 Å². The lowest BCUT2D eigenvalue weighted by Crippen LogP contribution is -2.28. The number of nitrogens with zero attached hydrogens (tertiary/aromatic N) is 2. The first-order chi connectivity index (χ1) is 12.8. The van der Waals surface area contributed by atoms with Crippen LogP contribution in [0.4, 0.5) is 10.1 Å². The maximum atomic E-state index is 14.3. The quantitative estimate of drug-likeness (QED) is 0.413. The first-order valence-corrected chi connectivity index (χ1v) is 8.90. The van der Waals surface area contributed by atoms with Crippen molar-refractivity contribution in [1.82, 2.24) is 10.3 Å². The Bertz CT molecular complexity index is 902. The molecule has 1 heterocycles. The van der Waals surface area contributed by atoms with E-state index in [1.165, 1.54) is 25.4 Å². The predicted octanol–water partition coefficient (Wildman–Crippen LogP) is 2.12. The molecule has 0 bridgehead atoms. The maximum Gasteiger partial charge on any atom is 0.261 e. The van der Waals surface area contributed by atoms with Gasteiger partial charge in [-0.05, 0) is 29.8 Å². The zero-order valence-corrected chi connectivity index (χ0v) is 15.7. The Morgan fingerprint density at radius 3 is 2.85 bits per heavy atom. The molecule has 0 spiro atoms. The molecule has 0 fully saturated rings. The van der Waals surface area contributed by atoms with Crippen LogP contribution in [0.15, 0.2) is 30.5 Å². The van der Waals surface area contributed by atoms with Gasteiger partial charge in [0.15, 0.2) is 6.61 Å².